The molecule has 2 aromatic carbocycles. The zero-order valence-corrected chi connectivity index (χ0v) is 14.7. The number of hydrogen-bond donors (Lipinski definition) is 2. The van der Waals surface area contributed by atoms with Gasteiger partial charge in [-0.2, -0.15) is 5.26 Å². The van der Waals surface area contributed by atoms with Gasteiger partial charge in [0.1, 0.15) is 11.6 Å². The van der Waals surface area contributed by atoms with Crippen molar-refractivity contribution in [3.63, 3.8) is 0 Å². The number of nitrogens with one attached hydrogen (secondary N) is 1. The molecule has 0 radical (unpaired) electrons. The second kappa shape index (κ2) is 8.95. The van der Waals surface area contributed by atoms with Gasteiger partial charge in [-0.25, -0.2) is 9.38 Å². The van der Waals surface area contributed by atoms with E-state index >= 15 is 0 Å². The maximum atomic E-state index is 13.6. The van der Waals surface area contributed by atoms with Gasteiger partial charge in [-0.15, -0.1) is 24.0 Å². The van der Waals surface area contributed by atoms with Gasteiger partial charge in [0.15, 0.2) is 5.96 Å². The first-order chi connectivity index (χ1) is 10.6. The number of nitriles is 1. The van der Waals surface area contributed by atoms with Gasteiger partial charge >= 0.3 is 0 Å². The monoisotopic (exact) mass is 426 g/mol. The third-order valence-corrected chi connectivity index (χ3v) is 2.94. The van der Waals surface area contributed by atoms with Crippen LogP contribution in [0.4, 0.5) is 10.1 Å². The smallest absolute Gasteiger partial charge is 0.193 e. The predicted molar refractivity (Wildman–Crippen MR) is 98.5 cm³/mol. The van der Waals surface area contributed by atoms with E-state index in [1.807, 2.05) is 18.2 Å². The number of halogens is 2. The lowest BCUT2D eigenvalue weighted by Gasteiger charge is -2.07. The van der Waals surface area contributed by atoms with E-state index in [9.17, 15) is 4.39 Å². The average molecular weight is 426 g/mol. The highest BCUT2D eigenvalue weighted by Gasteiger charge is 2.04. The number of hydrogen-bond acceptors (Lipinski definition) is 3. The van der Waals surface area contributed by atoms with Crippen molar-refractivity contribution in [1.82, 2.24) is 0 Å². The number of anilines is 1. The lowest BCUT2D eigenvalue weighted by Crippen LogP contribution is -2.22. The van der Waals surface area contributed by atoms with Crippen molar-refractivity contribution in [3.8, 4) is 11.8 Å². The van der Waals surface area contributed by atoms with Crippen LogP contribution in [0.3, 0.4) is 0 Å². The van der Waals surface area contributed by atoms with Crippen molar-refractivity contribution in [1.29, 1.82) is 5.26 Å². The molecule has 0 saturated carbocycles. The van der Waals surface area contributed by atoms with Crippen molar-refractivity contribution >= 4 is 35.6 Å². The molecule has 0 amide bonds. The van der Waals surface area contributed by atoms with Crippen LogP contribution in [0.5, 0.6) is 5.75 Å². The molecule has 3 N–H and O–H groups in total. The first-order valence-electron chi connectivity index (χ1n) is 6.52. The van der Waals surface area contributed by atoms with Gasteiger partial charge in [-0.3, -0.25) is 0 Å². The van der Waals surface area contributed by atoms with E-state index in [0.29, 0.717) is 22.6 Å². The summed E-state index contributed by atoms with van der Waals surface area (Å²) >= 11 is 0. The van der Waals surface area contributed by atoms with Gasteiger partial charge in [-0.1, -0.05) is 6.07 Å². The Bertz CT molecular complexity index is 743. The Morgan fingerprint density at radius 2 is 2.13 bits per heavy atom. The summed E-state index contributed by atoms with van der Waals surface area (Å²) in [5, 5.41) is 11.7. The molecule has 0 aliphatic heterocycles. The first kappa shape index (κ1) is 18.7. The Labute approximate surface area is 151 Å². The van der Waals surface area contributed by atoms with Crippen LogP contribution in [0.25, 0.3) is 0 Å². The van der Waals surface area contributed by atoms with Crippen LogP contribution in [-0.2, 0) is 6.54 Å². The molecular formula is C16H16FIN4O. The minimum Gasteiger partial charge on any atom is -0.497 e. The van der Waals surface area contributed by atoms with Gasteiger partial charge in [0.2, 0.25) is 0 Å². The maximum absolute atomic E-state index is 13.6. The summed E-state index contributed by atoms with van der Waals surface area (Å²) in [5.74, 6) is 0.414. The number of methoxy groups -OCH3 is 1. The normalized spacial score (nSPS) is 10.4. The van der Waals surface area contributed by atoms with Crippen molar-refractivity contribution in [2.45, 2.75) is 6.54 Å². The SMILES string of the molecule is COc1cccc(NC(N)=NCc2cc(C#N)ccc2F)c1.I. The lowest BCUT2D eigenvalue weighted by atomic mass is 10.1. The number of nitrogens with zero attached hydrogens (tertiary/aromatic N) is 2. The largest absolute Gasteiger partial charge is 0.497 e. The van der Waals surface area contributed by atoms with Crippen molar-refractivity contribution in [3.05, 3.63) is 59.4 Å². The molecule has 120 valence electrons. The molecule has 0 bridgehead atoms. The minimum absolute atomic E-state index is 0. The number of aliphatic imine (C=N–C) groups is 1. The summed E-state index contributed by atoms with van der Waals surface area (Å²) in [5.41, 5.74) is 7.19. The Morgan fingerprint density at radius 3 is 2.83 bits per heavy atom. The Morgan fingerprint density at radius 1 is 1.35 bits per heavy atom. The fourth-order valence-electron chi connectivity index (χ4n) is 1.82. The van der Waals surface area contributed by atoms with E-state index in [1.165, 1.54) is 18.2 Å². The minimum atomic E-state index is -0.420. The van der Waals surface area contributed by atoms with E-state index in [0.717, 1.165) is 0 Å². The quantitative estimate of drug-likeness (QED) is 0.447. The number of rotatable bonds is 4. The van der Waals surface area contributed by atoms with Gasteiger partial charge in [-0.05, 0) is 30.3 Å². The van der Waals surface area contributed by atoms with Crippen LogP contribution in [-0.4, -0.2) is 13.1 Å². The molecule has 0 unspecified atom stereocenters. The Hall–Kier alpha value is -2.34. The summed E-state index contributed by atoms with van der Waals surface area (Å²) in [6.07, 6.45) is 0. The van der Waals surface area contributed by atoms with E-state index < -0.39 is 5.82 Å². The first-order valence-corrected chi connectivity index (χ1v) is 6.52. The molecule has 23 heavy (non-hydrogen) atoms. The van der Waals surface area contributed by atoms with Gasteiger partial charge in [0.05, 0.1) is 25.3 Å². The van der Waals surface area contributed by atoms with Crippen LogP contribution in [0.1, 0.15) is 11.1 Å². The van der Waals surface area contributed by atoms with Crippen LogP contribution in [0, 0.1) is 17.1 Å². The van der Waals surface area contributed by atoms with E-state index in [1.54, 1.807) is 19.2 Å². The van der Waals surface area contributed by atoms with Crippen molar-refractivity contribution in [2.24, 2.45) is 10.7 Å². The van der Waals surface area contributed by atoms with Crippen molar-refractivity contribution < 1.29 is 9.13 Å². The summed E-state index contributed by atoms with van der Waals surface area (Å²) < 4.78 is 18.7. The molecule has 7 heteroatoms. The van der Waals surface area contributed by atoms with Crippen LogP contribution in [0.2, 0.25) is 0 Å². The Balaban J connectivity index is 0.00000264. The fourth-order valence-corrected chi connectivity index (χ4v) is 1.82. The highest BCUT2D eigenvalue weighted by atomic mass is 127. The van der Waals surface area contributed by atoms with Gasteiger partial charge in [0.25, 0.3) is 0 Å². The summed E-state index contributed by atoms with van der Waals surface area (Å²) in [6, 6.07) is 13.3. The number of guanidine groups is 1. The summed E-state index contributed by atoms with van der Waals surface area (Å²) in [4.78, 5) is 4.07. The molecule has 0 fully saturated rings. The van der Waals surface area contributed by atoms with E-state index in [4.69, 9.17) is 15.7 Å². The number of ether oxygens (including phenoxy) is 1. The van der Waals surface area contributed by atoms with Crippen LogP contribution >= 0.6 is 24.0 Å². The molecule has 2 rings (SSSR count). The molecule has 0 heterocycles. The van der Waals surface area contributed by atoms with Crippen LogP contribution < -0.4 is 15.8 Å². The van der Waals surface area contributed by atoms with Crippen molar-refractivity contribution in [2.75, 3.05) is 12.4 Å². The molecule has 0 aliphatic carbocycles. The highest BCUT2D eigenvalue weighted by molar-refractivity contribution is 14.0. The maximum Gasteiger partial charge on any atom is 0.193 e. The van der Waals surface area contributed by atoms with Gasteiger partial charge in [0, 0.05) is 17.3 Å². The molecule has 0 spiro atoms. The molecule has 0 aromatic heterocycles. The van der Waals surface area contributed by atoms with Gasteiger partial charge < -0.3 is 15.8 Å². The zero-order chi connectivity index (χ0) is 15.9. The summed E-state index contributed by atoms with van der Waals surface area (Å²) in [7, 11) is 1.57. The van der Waals surface area contributed by atoms with E-state index in [2.05, 4.69) is 10.3 Å². The predicted octanol–water partition coefficient (Wildman–Crippen LogP) is 3.25. The molecule has 0 aliphatic rings. The second-order valence-corrected chi connectivity index (χ2v) is 4.48. The molecule has 5 nitrogen and oxygen atoms in total. The average Bonchev–Trinajstić information content (AvgIpc) is 2.54. The Kier molecular flexibility index (Phi) is 7.28. The topological polar surface area (TPSA) is 83.4 Å². The van der Waals surface area contributed by atoms with E-state index in [-0.39, 0.29) is 36.5 Å². The number of benzene rings is 2. The second-order valence-electron chi connectivity index (χ2n) is 4.48. The molecule has 0 atom stereocenters. The standard InChI is InChI=1S/C16H15FN4O.HI/c1-22-14-4-2-3-13(8-14)21-16(19)20-10-12-7-11(9-18)5-6-15(12)17;/h2-8H,10H2,1H3,(H3,19,20,21);1H. The number of nitrogens with two attached hydrogens (primary N) is 1. The molecule has 2 aromatic rings. The van der Waals surface area contributed by atoms with Crippen LogP contribution in [0.15, 0.2) is 47.5 Å². The fraction of sp³-hybridized carbons (Fsp3) is 0.125. The summed E-state index contributed by atoms with van der Waals surface area (Å²) in [6.45, 7) is 0.0458. The lowest BCUT2D eigenvalue weighted by molar-refractivity contribution is 0.415. The molecular weight excluding hydrogens is 410 g/mol. The third-order valence-electron chi connectivity index (χ3n) is 2.94. The highest BCUT2D eigenvalue weighted by Crippen LogP contribution is 2.16. The third kappa shape index (κ3) is 5.41. The zero-order valence-electron chi connectivity index (χ0n) is 12.4. The molecule has 0 saturated heterocycles.